The number of alkyl halides is 4. The van der Waals surface area contributed by atoms with Gasteiger partial charge in [-0.15, -0.1) is 11.3 Å². The van der Waals surface area contributed by atoms with Crippen molar-refractivity contribution in [3.63, 3.8) is 0 Å². The van der Waals surface area contributed by atoms with Crippen LogP contribution in [-0.4, -0.2) is 49.3 Å². The molecule has 0 saturated carbocycles. The Bertz CT molecular complexity index is 1310. The van der Waals surface area contributed by atoms with Crippen LogP contribution in [0.5, 0.6) is 11.5 Å². The van der Waals surface area contributed by atoms with Gasteiger partial charge >= 0.3 is 25.2 Å². The van der Waals surface area contributed by atoms with Crippen LogP contribution in [0.1, 0.15) is 20.7 Å². The predicted octanol–water partition coefficient (Wildman–Crippen LogP) is 5.71. The van der Waals surface area contributed by atoms with E-state index in [2.05, 4.69) is 44.8 Å². The van der Waals surface area contributed by atoms with Crippen LogP contribution in [0.4, 0.5) is 22.7 Å². The number of nitrogen functional groups attached to an aromatic ring is 1. The summed E-state index contributed by atoms with van der Waals surface area (Å²) >= 11 is 5.43. The number of hydrogen-bond donors (Lipinski definition) is 1. The quantitative estimate of drug-likeness (QED) is 0.215. The maximum Gasteiger partial charge on any atom is 0.387 e. The Morgan fingerprint density at radius 2 is 1.28 bits per heavy atom. The Kier molecular flexibility index (Phi) is 8.86. The number of hydrogen-bond acceptors (Lipinski definition) is 11. The van der Waals surface area contributed by atoms with Gasteiger partial charge in [-0.1, -0.05) is 11.3 Å². The molecule has 36 heavy (non-hydrogen) atoms. The zero-order valence-corrected chi connectivity index (χ0v) is 21.3. The highest BCUT2D eigenvalue weighted by Gasteiger charge is 2.18. The van der Waals surface area contributed by atoms with Crippen molar-refractivity contribution in [3.05, 3.63) is 39.3 Å². The van der Waals surface area contributed by atoms with E-state index in [1.165, 1.54) is 43.8 Å². The summed E-state index contributed by atoms with van der Waals surface area (Å²) in [6, 6.07) is 5.32. The van der Waals surface area contributed by atoms with Crippen molar-refractivity contribution in [1.82, 2.24) is 9.97 Å². The minimum atomic E-state index is -3.01. The molecule has 2 N–H and O–H groups in total. The van der Waals surface area contributed by atoms with E-state index in [-0.39, 0.29) is 38.8 Å². The van der Waals surface area contributed by atoms with E-state index in [0.29, 0.717) is 13.3 Å². The van der Waals surface area contributed by atoms with Gasteiger partial charge < -0.3 is 24.7 Å². The number of thiazole rings is 2. The van der Waals surface area contributed by atoms with Gasteiger partial charge in [0.2, 0.25) is 0 Å². The third kappa shape index (κ3) is 6.50. The van der Waals surface area contributed by atoms with Crippen molar-refractivity contribution in [3.8, 4) is 11.5 Å². The lowest BCUT2D eigenvalue weighted by molar-refractivity contribution is -0.0496. The summed E-state index contributed by atoms with van der Waals surface area (Å²) in [5.41, 5.74) is 6.21. The lowest BCUT2D eigenvalue weighted by Crippen LogP contribution is -2.05. The van der Waals surface area contributed by atoms with Gasteiger partial charge in [-0.25, -0.2) is 19.6 Å². The number of aromatic nitrogens is 2. The molecular formula is C20H14BrF4N3O6S2. The first-order valence-corrected chi connectivity index (χ1v) is 11.8. The van der Waals surface area contributed by atoms with Crippen LogP contribution in [0.25, 0.3) is 20.4 Å². The van der Waals surface area contributed by atoms with E-state index in [0.717, 1.165) is 17.4 Å². The van der Waals surface area contributed by atoms with Crippen LogP contribution in [-0.2, 0) is 9.47 Å². The number of nitrogens with two attached hydrogens (primary N) is 1. The minimum Gasteiger partial charge on any atom is -0.465 e. The van der Waals surface area contributed by atoms with Gasteiger partial charge in [0, 0.05) is 0 Å². The standard InChI is InChI=1S/C10H6BrF2NO3S.C10H8F2N2O3S/c1-16-8(15)4-2-5(17-10(12)13)7-6(3-4)18-9(11)14-7;1-16-8(15)4-2-5(17-9(11)12)7-6(3-4)18-10(13)14-7/h2-3,10H,1H3;2-3,9H,1H3,(H2,13,14). The van der Waals surface area contributed by atoms with E-state index < -0.39 is 25.2 Å². The summed E-state index contributed by atoms with van der Waals surface area (Å²) in [5, 5.41) is 0.200. The van der Waals surface area contributed by atoms with Gasteiger partial charge in [0.15, 0.2) is 20.5 Å². The zero-order valence-electron chi connectivity index (χ0n) is 18.1. The number of carbonyl (C=O) groups excluding carboxylic acids is 2. The first-order chi connectivity index (χ1) is 17.0. The molecule has 4 rings (SSSR count). The zero-order chi connectivity index (χ0) is 26.6. The molecule has 0 amide bonds. The topological polar surface area (TPSA) is 123 Å². The highest BCUT2D eigenvalue weighted by Crippen LogP contribution is 2.35. The second-order valence-corrected chi connectivity index (χ2v) is 9.77. The number of nitrogens with zero attached hydrogens (tertiary/aromatic N) is 2. The van der Waals surface area contributed by atoms with Crippen LogP contribution >= 0.6 is 38.6 Å². The van der Waals surface area contributed by atoms with Crippen molar-refractivity contribution >= 4 is 76.1 Å². The molecule has 0 aliphatic heterocycles. The SMILES string of the molecule is COC(=O)c1cc(OC(F)F)c2nc(Br)sc2c1.COC(=O)c1cc(OC(F)F)c2nc(N)sc2c1. The molecule has 0 radical (unpaired) electrons. The summed E-state index contributed by atoms with van der Waals surface area (Å²) in [6.45, 7) is -5.99. The van der Waals surface area contributed by atoms with E-state index in [1.54, 1.807) is 0 Å². The van der Waals surface area contributed by atoms with Gasteiger partial charge in [-0.05, 0) is 40.2 Å². The summed E-state index contributed by atoms with van der Waals surface area (Å²) < 4.78 is 68.4. The molecule has 0 aliphatic rings. The Labute approximate surface area is 215 Å². The number of rotatable bonds is 6. The van der Waals surface area contributed by atoms with Crippen molar-refractivity contribution in [2.45, 2.75) is 13.2 Å². The molecule has 0 unspecified atom stereocenters. The number of benzene rings is 2. The molecule has 2 aromatic heterocycles. The van der Waals surface area contributed by atoms with Gasteiger partial charge in [0.1, 0.15) is 11.0 Å². The molecule has 0 bridgehead atoms. The van der Waals surface area contributed by atoms with Crippen molar-refractivity contribution in [2.24, 2.45) is 0 Å². The summed E-state index contributed by atoms with van der Waals surface area (Å²) in [5.74, 6) is -1.62. The Balaban J connectivity index is 0.000000201. The van der Waals surface area contributed by atoms with Crippen molar-refractivity contribution < 1.29 is 46.1 Å². The fourth-order valence-electron chi connectivity index (χ4n) is 2.83. The maximum absolute atomic E-state index is 12.3. The smallest absolute Gasteiger partial charge is 0.387 e. The Morgan fingerprint density at radius 3 is 1.72 bits per heavy atom. The number of halogens is 5. The Hall–Kier alpha value is -3.24. The van der Waals surface area contributed by atoms with Gasteiger partial charge in [-0.3, -0.25) is 0 Å². The average molecular weight is 612 g/mol. The van der Waals surface area contributed by atoms with Crippen LogP contribution in [0, 0.1) is 0 Å². The molecule has 4 aromatic rings. The highest BCUT2D eigenvalue weighted by atomic mass is 79.9. The molecule has 0 saturated heterocycles. The van der Waals surface area contributed by atoms with E-state index >= 15 is 0 Å². The molecule has 0 fully saturated rings. The third-order valence-electron chi connectivity index (χ3n) is 4.18. The largest absolute Gasteiger partial charge is 0.465 e. The number of fused-ring (bicyclic) bond motifs is 2. The molecular weight excluding hydrogens is 598 g/mol. The van der Waals surface area contributed by atoms with Crippen LogP contribution in [0.15, 0.2) is 28.2 Å². The normalized spacial score (nSPS) is 10.9. The second-order valence-electron chi connectivity index (χ2n) is 6.40. The molecule has 16 heteroatoms. The summed E-state index contributed by atoms with van der Waals surface area (Å²) in [7, 11) is 2.41. The second kappa shape index (κ2) is 11.7. The van der Waals surface area contributed by atoms with Crippen LogP contribution in [0.3, 0.4) is 0 Å². The van der Waals surface area contributed by atoms with Gasteiger partial charge in [-0.2, -0.15) is 17.6 Å². The summed E-state index contributed by atoms with van der Waals surface area (Å²) in [4.78, 5) is 30.7. The fourth-order valence-corrected chi connectivity index (χ4v) is 5.07. The number of methoxy groups -OCH3 is 2. The number of anilines is 1. The predicted molar refractivity (Wildman–Crippen MR) is 127 cm³/mol. The molecule has 0 atom stereocenters. The molecule has 192 valence electrons. The number of ether oxygens (including phenoxy) is 4. The number of carbonyl (C=O) groups is 2. The molecule has 9 nitrogen and oxygen atoms in total. The summed E-state index contributed by atoms with van der Waals surface area (Å²) in [6.07, 6.45) is 0. The van der Waals surface area contributed by atoms with E-state index in [4.69, 9.17) is 5.73 Å². The van der Waals surface area contributed by atoms with E-state index in [9.17, 15) is 27.2 Å². The van der Waals surface area contributed by atoms with Crippen molar-refractivity contribution in [1.29, 1.82) is 0 Å². The molecule has 0 aliphatic carbocycles. The monoisotopic (exact) mass is 611 g/mol. The van der Waals surface area contributed by atoms with Crippen LogP contribution < -0.4 is 15.2 Å². The first-order valence-electron chi connectivity index (χ1n) is 9.38. The molecule has 2 aromatic carbocycles. The van der Waals surface area contributed by atoms with Crippen LogP contribution in [0.2, 0.25) is 0 Å². The Morgan fingerprint density at radius 1 is 0.833 bits per heavy atom. The van der Waals surface area contributed by atoms with Crippen molar-refractivity contribution in [2.75, 3.05) is 20.0 Å². The molecule has 0 spiro atoms. The highest BCUT2D eigenvalue weighted by molar-refractivity contribution is 9.11. The van der Waals surface area contributed by atoms with E-state index in [1.807, 2.05) is 0 Å². The average Bonchev–Trinajstić information content (AvgIpc) is 3.38. The first kappa shape index (κ1) is 27.3. The van der Waals surface area contributed by atoms with Gasteiger partial charge in [0.05, 0.1) is 34.7 Å². The molecule has 2 heterocycles. The lowest BCUT2D eigenvalue weighted by Gasteiger charge is -2.07. The van der Waals surface area contributed by atoms with Gasteiger partial charge in [0.25, 0.3) is 0 Å². The third-order valence-corrected chi connectivity index (χ3v) is 6.47. The lowest BCUT2D eigenvalue weighted by atomic mass is 10.2. The maximum atomic E-state index is 12.3. The minimum absolute atomic E-state index is 0.101. The number of esters is 2. The fraction of sp³-hybridized carbons (Fsp3) is 0.200.